The van der Waals surface area contributed by atoms with Crippen molar-refractivity contribution in [1.82, 2.24) is 9.88 Å². The van der Waals surface area contributed by atoms with Crippen LogP contribution in [0, 0.1) is 6.92 Å². The lowest BCUT2D eigenvalue weighted by Crippen LogP contribution is -2.48. The first-order valence-electron chi connectivity index (χ1n) is 8.20. The summed E-state index contributed by atoms with van der Waals surface area (Å²) in [5, 5.41) is 9.88. The van der Waals surface area contributed by atoms with E-state index in [1.54, 1.807) is 0 Å². The monoisotopic (exact) mass is 360 g/mol. The van der Waals surface area contributed by atoms with E-state index in [-0.39, 0.29) is 19.1 Å². The van der Waals surface area contributed by atoms with Crippen LogP contribution in [0.1, 0.15) is 27.9 Å². The molecule has 6 nitrogen and oxygen atoms in total. The van der Waals surface area contributed by atoms with Crippen LogP contribution in [0.3, 0.4) is 0 Å². The maximum Gasteiger partial charge on any atom is 0.334 e. The molecule has 1 fully saturated rings. The van der Waals surface area contributed by atoms with Crippen molar-refractivity contribution in [3.63, 3.8) is 0 Å². The zero-order valence-electron chi connectivity index (χ0n) is 14.2. The van der Waals surface area contributed by atoms with Crippen molar-refractivity contribution in [1.29, 1.82) is 0 Å². The summed E-state index contributed by atoms with van der Waals surface area (Å²) >= 11 is 1.35. The van der Waals surface area contributed by atoms with E-state index in [2.05, 4.69) is 24.0 Å². The summed E-state index contributed by atoms with van der Waals surface area (Å²) in [6.45, 7) is 4.59. The van der Waals surface area contributed by atoms with Gasteiger partial charge in [0, 0.05) is 12.1 Å². The number of nitrogens with zero attached hydrogens (tertiary/aromatic N) is 2. The van der Waals surface area contributed by atoms with Gasteiger partial charge < -0.3 is 14.7 Å². The van der Waals surface area contributed by atoms with Gasteiger partial charge in [-0.25, -0.2) is 9.78 Å². The van der Waals surface area contributed by atoms with Crippen LogP contribution in [-0.2, 0) is 16.0 Å². The average molecular weight is 360 g/mol. The van der Waals surface area contributed by atoms with E-state index in [1.165, 1.54) is 21.8 Å². The number of aliphatic carboxylic acids is 1. The normalized spacial score (nSPS) is 17.5. The minimum Gasteiger partial charge on any atom is -0.479 e. The van der Waals surface area contributed by atoms with Crippen molar-refractivity contribution < 1.29 is 19.4 Å². The van der Waals surface area contributed by atoms with Gasteiger partial charge in [-0.3, -0.25) is 4.79 Å². The number of ether oxygens (including phenoxy) is 1. The number of carboxylic acids is 1. The quantitative estimate of drug-likeness (QED) is 0.907. The largest absolute Gasteiger partial charge is 0.479 e. The number of benzene rings is 1. The van der Waals surface area contributed by atoms with Gasteiger partial charge >= 0.3 is 5.97 Å². The SMILES string of the molecule is CCc1ccc(-c2nc(C)c(C(=O)N3CCO[C@@H](C(=O)O)C3)s2)cc1. The average Bonchev–Trinajstić information content (AvgIpc) is 3.03. The van der Waals surface area contributed by atoms with E-state index < -0.39 is 12.1 Å². The summed E-state index contributed by atoms with van der Waals surface area (Å²) in [6.07, 6.45) is 0.00914. The number of hydrogen-bond acceptors (Lipinski definition) is 5. The van der Waals surface area contributed by atoms with E-state index in [9.17, 15) is 9.59 Å². The van der Waals surface area contributed by atoms with Crippen molar-refractivity contribution in [3.8, 4) is 10.6 Å². The summed E-state index contributed by atoms with van der Waals surface area (Å²) in [6, 6.07) is 8.15. The molecule has 2 aromatic rings. The Hall–Kier alpha value is -2.25. The Labute approximate surface area is 150 Å². The lowest BCUT2D eigenvalue weighted by atomic mass is 10.1. The van der Waals surface area contributed by atoms with Crippen LogP contribution in [0.5, 0.6) is 0 Å². The number of carbonyl (C=O) groups is 2. The van der Waals surface area contributed by atoms with Gasteiger partial charge in [0.15, 0.2) is 6.10 Å². The molecular weight excluding hydrogens is 340 g/mol. The number of aryl methyl sites for hydroxylation is 2. The van der Waals surface area contributed by atoms with Gasteiger partial charge in [-0.05, 0) is 18.9 Å². The van der Waals surface area contributed by atoms with Gasteiger partial charge in [0.05, 0.1) is 18.8 Å². The van der Waals surface area contributed by atoms with Crippen LogP contribution in [-0.4, -0.2) is 52.7 Å². The highest BCUT2D eigenvalue weighted by atomic mass is 32.1. The number of carboxylic acid groups (broad SMARTS) is 1. The van der Waals surface area contributed by atoms with Crippen LogP contribution in [0.25, 0.3) is 10.6 Å². The van der Waals surface area contributed by atoms with Crippen LogP contribution in [0.4, 0.5) is 0 Å². The number of thiazole rings is 1. The third-order valence-electron chi connectivity index (χ3n) is 4.23. The summed E-state index contributed by atoms with van der Waals surface area (Å²) in [5.41, 5.74) is 2.90. The van der Waals surface area contributed by atoms with E-state index in [4.69, 9.17) is 9.84 Å². The molecule has 0 bridgehead atoms. The van der Waals surface area contributed by atoms with E-state index in [1.807, 2.05) is 19.1 Å². The summed E-state index contributed by atoms with van der Waals surface area (Å²) < 4.78 is 5.18. The molecule has 3 rings (SSSR count). The fourth-order valence-corrected chi connectivity index (χ4v) is 3.77. The molecule has 1 aliphatic heterocycles. The number of carbonyl (C=O) groups excluding carboxylic acids is 1. The highest BCUT2D eigenvalue weighted by Crippen LogP contribution is 2.29. The zero-order chi connectivity index (χ0) is 18.0. The molecule has 1 amide bonds. The highest BCUT2D eigenvalue weighted by molar-refractivity contribution is 7.17. The molecule has 2 heterocycles. The third kappa shape index (κ3) is 3.72. The number of rotatable bonds is 4. The van der Waals surface area contributed by atoms with Gasteiger partial charge in [0.25, 0.3) is 5.91 Å². The van der Waals surface area contributed by atoms with E-state index in [0.717, 1.165) is 17.0 Å². The number of morpholine rings is 1. The number of amides is 1. The molecule has 0 saturated carbocycles. The number of aromatic nitrogens is 1. The minimum atomic E-state index is -1.05. The van der Waals surface area contributed by atoms with E-state index in [0.29, 0.717) is 17.1 Å². The van der Waals surface area contributed by atoms with Gasteiger partial charge in [0.2, 0.25) is 0 Å². The first kappa shape index (κ1) is 17.6. The van der Waals surface area contributed by atoms with Crippen LogP contribution < -0.4 is 0 Å². The summed E-state index contributed by atoms with van der Waals surface area (Å²) in [5.74, 6) is -1.23. The molecule has 0 radical (unpaired) electrons. The van der Waals surface area contributed by atoms with Crippen molar-refractivity contribution in [2.24, 2.45) is 0 Å². The second-order valence-electron chi connectivity index (χ2n) is 5.93. The minimum absolute atomic E-state index is 0.0615. The summed E-state index contributed by atoms with van der Waals surface area (Å²) in [7, 11) is 0. The molecule has 132 valence electrons. The third-order valence-corrected chi connectivity index (χ3v) is 5.42. The number of hydrogen-bond donors (Lipinski definition) is 1. The molecule has 0 aliphatic carbocycles. The molecule has 7 heteroatoms. The molecule has 0 spiro atoms. The van der Waals surface area contributed by atoms with Crippen molar-refractivity contribution in [2.75, 3.05) is 19.7 Å². The standard InChI is InChI=1S/C18H20N2O4S/c1-3-12-4-6-13(7-5-12)16-19-11(2)15(25-16)17(21)20-8-9-24-14(10-20)18(22)23/h4-7,14H,3,8-10H2,1-2H3,(H,22,23)/t14-/m1/s1. The molecule has 0 unspecified atom stereocenters. The van der Waals surface area contributed by atoms with Crippen molar-refractivity contribution in [2.45, 2.75) is 26.4 Å². The second kappa shape index (κ2) is 7.33. The second-order valence-corrected chi connectivity index (χ2v) is 6.93. The Bertz CT molecular complexity index is 785. The van der Waals surface area contributed by atoms with Gasteiger partial charge in [-0.15, -0.1) is 11.3 Å². The summed E-state index contributed by atoms with van der Waals surface area (Å²) in [4.78, 5) is 30.5. The van der Waals surface area contributed by atoms with Crippen molar-refractivity contribution >= 4 is 23.2 Å². The molecule has 1 N–H and O–H groups in total. The topological polar surface area (TPSA) is 79.7 Å². The first-order chi connectivity index (χ1) is 12.0. The van der Waals surface area contributed by atoms with Gasteiger partial charge in [0.1, 0.15) is 9.88 Å². The molecular formula is C18H20N2O4S. The molecule has 1 aromatic heterocycles. The Kier molecular flexibility index (Phi) is 5.15. The first-order valence-corrected chi connectivity index (χ1v) is 9.01. The van der Waals surface area contributed by atoms with Crippen LogP contribution in [0.2, 0.25) is 0 Å². The zero-order valence-corrected chi connectivity index (χ0v) is 15.0. The molecule has 1 atom stereocenters. The lowest BCUT2D eigenvalue weighted by Gasteiger charge is -2.30. The maximum absolute atomic E-state index is 12.8. The predicted octanol–water partition coefficient (Wildman–Crippen LogP) is 2.61. The van der Waals surface area contributed by atoms with Crippen LogP contribution in [0.15, 0.2) is 24.3 Å². The lowest BCUT2D eigenvalue weighted by molar-refractivity contribution is -0.154. The Balaban J connectivity index is 1.81. The van der Waals surface area contributed by atoms with Crippen molar-refractivity contribution in [3.05, 3.63) is 40.4 Å². The van der Waals surface area contributed by atoms with Crippen LogP contribution >= 0.6 is 11.3 Å². The molecule has 1 aliphatic rings. The molecule has 1 aromatic carbocycles. The molecule has 1 saturated heterocycles. The molecule has 25 heavy (non-hydrogen) atoms. The predicted molar refractivity (Wildman–Crippen MR) is 94.9 cm³/mol. The van der Waals surface area contributed by atoms with Gasteiger partial charge in [-0.2, -0.15) is 0 Å². The fraction of sp³-hybridized carbons (Fsp3) is 0.389. The highest BCUT2D eigenvalue weighted by Gasteiger charge is 2.31. The fourth-order valence-electron chi connectivity index (χ4n) is 2.73. The smallest absolute Gasteiger partial charge is 0.334 e. The Morgan fingerprint density at radius 2 is 2.08 bits per heavy atom. The maximum atomic E-state index is 12.8. The van der Waals surface area contributed by atoms with E-state index >= 15 is 0 Å². The Morgan fingerprint density at radius 1 is 1.36 bits per heavy atom. The Morgan fingerprint density at radius 3 is 2.72 bits per heavy atom. The van der Waals surface area contributed by atoms with Gasteiger partial charge in [-0.1, -0.05) is 31.2 Å².